The molecular formula is C77H130O6. The van der Waals surface area contributed by atoms with Crippen molar-refractivity contribution in [2.75, 3.05) is 13.2 Å². The first-order chi connectivity index (χ1) is 41.0. The van der Waals surface area contributed by atoms with Gasteiger partial charge in [0.25, 0.3) is 0 Å². The molecule has 0 amide bonds. The lowest BCUT2D eigenvalue weighted by Crippen LogP contribution is -2.30. The number of hydrogen-bond acceptors (Lipinski definition) is 6. The molecule has 0 aromatic heterocycles. The molecule has 0 radical (unpaired) electrons. The Morgan fingerprint density at radius 1 is 0.253 bits per heavy atom. The van der Waals surface area contributed by atoms with Gasteiger partial charge in [-0.25, -0.2) is 0 Å². The molecule has 0 spiro atoms. The molecule has 0 N–H and O–H groups in total. The lowest BCUT2D eigenvalue weighted by Gasteiger charge is -2.18. The smallest absolute Gasteiger partial charge is 0.306 e. The van der Waals surface area contributed by atoms with E-state index in [9.17, 15) is 14.4 Å². The largest absolute Gasteiger partial charge is 0.462 e. The number of hydrogen-bond donors (Lipinski definition) is 0. The summed E-state index contributed by atoms with van der Waals surface area (Å²) in [4.78, 5) is 38.5. The monoisotopic (exact) mass is 1150 g/mol. The van der Waals surface area contributed by atoms with E-state index in [1.807, 2.05) is 0 Å². The molecule has 0 saturated heterocycles. The van der Waals surface area contributed by atoms with Gasteiger partial charge in [-0.05, 0) is 128 Å². The molecule has 0 fully saturated rings. The van der Waals surface area contributed by atoms with Gasteiger partial charge < -0.3 is 14.2 Å². The fraction of sp³-hybridized carbons (Fsp3) is 0.701. The summed E-state index contributed by atoms with van der Waals surface area (Å²) in [5.41, 5.74) is 0. The van der Waals surface area contributed by atoms with Gasteiger partial charge in [0.05, 0.1) is 0 Å². The van der Waals surface area contributed by atoms with Crippen LogP contribution in [0.5, 0.6) is 0 Å². The number of unbranched alkanes of at least 4 members (excludes halogenated alkanes) is 32. The third-order valence-corrected chi connectivity index (χ3v) is 14.9. The van der Waals surface area contributed by atoms with Crippen LogP contribution in [0.3, 0.4) is 0 Å². The van der Waals surface area contributed by atoms with Crippen molar-refractivity contribution in [2.24, 2.45) is 0 Å². The maximum absolute atomic E-state index is 12.9. The van der Waals surface area contributed by atoms with E-state index in [1.165, 1.54) is 167 Å². The van der Waals surface area contributed by atoms with E-state index in [1.54, 1.807) is 0 Å². The van der Waals surface area contributed by atoms with Crippen LogP contribution in [-0.4, -0.2) is 37.2 Å². The van der Waals surface area contributed by atoms with Crippen LogP contribution in [-0.2, 0) is 28.6 Å². The van der Waals surface area contributed by atoms with E-state index >= 15 is 0 Å². The van der Waals surface area contributed by atoms with E-state index in [0.717, 1.165) is 116 Å². The molecule has 1 unspecified atom stereocenters. The number of esters is 3. The SMILES string of the molecule is CC/C=C\C/C=C\C/C=C\C/C=C\C/C=C\C/C=C\CCCCC(=O)OC(COC(=O)CCCCCCCCC/C=C\C/C=C\C/C=C\CC)COC(=O)CCCCCCCCCCCCCCCCC/C=C\CCCCCCCCCC. The molecule has 0 aromatic carbocycles. The molecule has 0 aromatic rings. The molecule has 0 heterocycles. The number of allylic oxidation sites excluding steroid dienone is 20. The van der Waals surface area contributed by atoms with Gasteiger partial charge in [0.1, 0.15) is 13.2 Å². The van der Waals surface area contributed by atoms with E-state index in [4.69, 9.17) is 14.2 Å². The summed E-state index contributed by atoms with van der Waals surface area (Å²) in [5.74, 6) is -0.944. The van der Waals surface area contributed by atoms with Crippen LogP contribution in [0.2, 0.25) is 0 Å². The van der Waals surface area contributed by atoms with Gasteiger partial charge >= 0.3 is 17.9 Å². The minimum atomic E-state index is -0.810. The van der Waals surface area contributed by atoms with Crippen molar-refractivity contribution in [1.29, 1.82) is 0 Å². The Bertz CT molecular complexity index is 1700. The summed E-state index contributed by atoms with van der Waals surface area (Å²) in [6.07, 6.45) is 98.0. The molecule has 474 valence electrons. The van der Waals surface area contributed by atoms with E-state index in [0.29, 0.717) is 19.3 Å². The first-order valence-electron chi connectivity index (χ1n) is 35.0. The average Bonchev–Trinajstić information content (AvgIpc) is 3.50. The maximum atomic E-state index is 12.9. The highest BCUT2D eigenvalue weighted by molar-refractivity contribution is 5.71. The Labute approximate surface area is 513 Å². The van der Waals surface area contributed by atoms with Crippen molar-refractivity contribution in [3.05, 3.63) is 122 Å². The van der Waals surface area contributed by atoms with Crippen molar-refractivity contribution >= 4 is 17.9 Å². The van der Waals surface area contributed by atoms with Crippen LogP contribution in [0.15, 0.2) is 122 Å². The lowest BCUT2D eigenvalue weighted by atomic mass is 10.0. The van der Waals surface area contributed by atoms with Crippen molar-refractivity contribution < 1.29 is 28.6 Å². The Kier molecular flexibility index (Phi) is 66.7. The number of rotatable bonds is 63. The van der Waals surface area contributed by atoms with Crippen LogP contribution in [0.1, 0.15) is 329 Å². The van der Waals surface area contributed by atoms with E-state index < -0.39 is 6.10 Å². The predicted molar refractivity (Wildman–Crippen MR) is 362 cm³/mol. The summed E-state index contributed by atoms with van der Waals surface area (Å²) >= 11 is 0. The number of carbonyl (C=O) groups is 3. The minimum absolute atomic E-state index is 0.0997. The Morgan fingerprint density at radius 3 is 0.771 bits per heavy atom. The molecule has 0 aliphatic carbocycles. The van der Waals surface area contributed by atoms with Crippen LogP contribution in [0.25, 0.3) is 0 Å². The average molecular weight is 1150 g/mol. The zero-order valence-corrected chi connectivity index (χ0v) is 54.4. The lowest BCUT2D eigenvalue weighted by molar-refractivity contribution is -0.167. The zero-order chi connectivity index (χ0) is 59.9. The molecular weight excluding hydrogens is 1020 g/mol. The molecule has 1 atom stereocenters. The first kappa shape index (κ1) is 78.8. The van der Waals surface area contributed by atoms with Gasteiger partial charge in [0.2, 0.25) is 0 Å². The normalized spacial score (nSPS) is 12.9. The summed E-state index contributed by atoms with van der Waals surface area (Å²) in [6, 6.07) is 0. The third-order valence-electron chi connectivity index (χ3n) is 14.9. The second kappa shape index (κ2) is 70.3. The van der Waals surface area contributed by atoms with Crippen molar-refractivity contribution in [2.45, 2.75) is 335 Å². The molecule has 0 saturated carbocycles. The quantitative estimate of drug-likeness (QED) is 0.0261. The molecule has 6 nitrogen and oxygen atoms in total. The standard InChI is InChI=1S/C77H130O6/c1-4-7-10-13-16-19-22-25-28-31-33-35-36-37-38-39-40-42-43-46-49-52-55-58-61-64-67-70-76(79)82-73-74(72-81-75(78)69-66-63-60-57-54-51-48-45-30-27-24-21-18-15-12-9-6-3)83-77(80)71-68-65-62-59-56-53-50-47-44-41-34-32-29-26-23-20-17-14-11-8-5-2/h8-9,11-12,17-18,20-21,26-27,29-31,33-34,41,47,50,56,59,74H,4-7,10,13-16,19,22-25,28,32,35-40,42-46,48-49,51-55,57-58,60-73H2,1-3H3/b11-8-,12-9-,20-17-,21-18-,29-26-,30-27-,33-31-,41-34-,50-47-,59-56-. The fourth-order valence-corrected chi connectivity index (χ4v) is 9.75. The van der Waals surface area contributed by atoms with Gasteiger partial charge in [0, 0.05) is 19.3 Å². The van der Waals surface area contributed by atoms with Crippen molar-refractivity contribution in [3.8, 4) is 0 Å². The summed E-state index contributed by atoms with van der Waals surface area (Å²) in [6.45, 7) is 6.40. The number of ether oxygens (including phenoxy) is 3. The summed E-state index contributed by atoms with van der Waals surface area (Å²) in [5, 5.41) is 0. The third kappa shape index (κ3) is 68.5. The maximum Gasteiger partial charge on any atom is 0.306 e. The summed E-state index contributed by atoms with van der Waals surface area (Å²) < 4.78 is 16.9. The van der Waals surface area contributed by atoms with E-state index in [-0.39, 0.29) is 37.5 Å². The van der Waals surface area contributed by atoms with Crippen LogP contribution in [0.4, 0.5) is 0 Å². The topological polar surface area (TPSA) is 78.9 Å². The number of carbonyl (C=O) groups excluding carboxylic acids is 3. The molecule has 0 bridgehead atoms. The van der Waals surface area contributed by atoms with Gasteiger partial charge in [-0.2, -0.15) is 0 Å². The highest BCUT2D eigenvalue weighted by Gasteiger charge is 2.19. The first-order valence-corrected chi connectivity index (χ1v) is 35.0. The highest BCUT2D eigenvalue weighted by atomic mass is 16.6. The minimum Gasteiger partial charge on any atom is -0.462 e. The fourth-order valence-electron chi connectivity index (χ4n) is 9.75. The van der Waals surface area contributed by atoms with Crippen LogP contribution < -0.4 is 0 Å². The second-order valence-corrected chi connectivity index (χ2v) is 23.0. The second-order valence-electron chi connectivity index (χ2n) is 23.0. The van der Waals surface area contributed by atoms with E-state index in [2.05, 4.69) is 142 Å². The van der Waals surface area contributed by atoms with Gasteiger partial charge in [0.15, 0.2) is 6.10 Å². The van der Waals surface area contributed by atoms with Gasteiger partial charge in [-0.15, -0.1) is 0 Å². The van der Waals surface area contributed by atoms with Crippen LogP contribution in [0, 0.1) is 0 Å². The van der Waals surface area contributed by atoms with Crippen molar-refractivity contribution in [3.63, 3.8) is 0 Å². The highest BCUT2D eigenvalue weighted by Crippen LogP contribution is 2.17. The molecule has 0 rings (SSSR count). The Morgan fingerprint density at radius 2 is 0.470 bits per heavy atom. The molecule has 83 heavy (non-hydrogen) atoms. The molecule has 6 heteroatoms. The zero-order valence-electron chi connectivity index (χ0n) is 54.4. The van der Waals surface area contributed by atoms with Crippen molar-refractivity contribution in [1.82, 2.24) is 0 Å². The van der Waals surface area contributed by atoms with Crippen LogP contribution >= 0.6 is 0 Å². The van der Waals surface area contributed by atoms with Gasteiger partial charge in [-0.3, -0.25) is 14.4 Å². The predicted octanol–water partition coefficient (Wildman–Crippen LogP) is 24.3. The summed E-state index contributed by atoms with van der Waals surface area (Å²) in [7, 11) is 0. The Hall–Kier alpha value is -4.19. The van der Waals surface area contributed by atoms with Gasteiger partial charge in [-0.1, -0.05) is 303 Å². The Balaban J connectivity index is 4.39. The molecule has 0 aliphatic heterocycles. The molecule has 0 aliphatic rings.